The third-order valence-corrected chi connectivity index (χ3v) is 3.92. The molecule has 5 nitrogen and oxygen atoms in total. The molecule has 0 aliphatic carbocycles. The molecule has 0 fully saturated rings. The zero-order chi connectivity index (χ0) is 12.7. The van der Waals surface area contributed by atoms with Crippen molar-refractivity contribution in [2.24, 2.45) is 0 Å². The van der Waals surface area contributed by atoms with E-state index >= 15 is 0 Å². The summed E-state index contributed by atoms with van der Waals surface area (Å²) in [5.41, 5.74) is 0.922. The standard InChI is InChI=1S/C10H16N2O3S2/c1-16-7-9(2-3-13)11-5-8-4-10(12(14)15)17-6-8/h4,6,9,11,13H,2-3,5,7H2,1H3. The molecule has 96 valence electrons. The normalized spacial score (nSPS) is 12.6. The number of hydrogen-bond acceptors (Lipinski definition) is 6. The van der Waals surface area contributed by atoms with Gasteiger partial charge in [0, 0.05) is 36.4 Å². The van der Waals surface area contributed by atoms with Gasteiger partial charge >= 0.3 is 5.00 Å². The van der Waals surface area contributed by atoms with Crippen LogP contribution in [0.4, 0.5) is 5.00 Å². The molecule has 0 aliphatic heterocycles. The highest BCUT2D eigenvalue weighted by Crippen LogP contribution is 2.22. The van der Waals surface area contributed by atoms with Crippen molar-refractivity contribution >= 4 is 28.1 Å². The van der Waals surface area contributed by atoms with Crippen LogP contribution in [0.3, 0.4) is 0 Å². The zero-order valence-corrected chi connectivity index (χ0v) is 11.2. The lowest BCUT2D eigenvalue weighted by Crippen LogP contribution is -2.31. The molecule has 0 saturated heterocycles. The highest BCUT2D eigenvalue weighted by atomic mass is 32.2. The Balaban J connectivity index is 2.44. The summed E-state index contributed by atoms with van der Waals surface area (Å²) in [4.78, 5) is 10.1. The minimum absolute atomic E-state index is 0.155. The minimum Gasteiger partial charge on any atom is -0.396 e. The van der Waals surface area contributed by atoms with Crippen LogP contribution in [0.25, 0.3) is 0 Å². The predicted molar refractivity (Wildman–Crippen MR) is 71.7 cm³/mol. The predicted octanol–water partition coefficient (Wildman–Crippen LogP) is 1.86. The maximum Gasteiger partial charge on any atom is 0.324 e. The first-order chi connectivity index (χ1) is 8.17. The first kappa shape index (κ1) is 14.4. The lowest BCUT2D eigenvalue weighted by molar-refractivity contribution is -0.380. The number of rotatable bonds is 8. The number of aliphatic hydroxyl groups is 1. The van der Waals surface area contributed by atoms with Crippen molar-refractivity contribution < 1.29 is 10.0 Å². The van der Waals surface area contributed by atoms with Crippen LogP contribution in [0.5, 0.6) is 0 Å². The lowest BCUT2D eigenvalue weighted by atomic mass is 10.2. The van der Waals surface area contributed by atoms with E-state index < -0.39 is 0 Å². The number of hydrogen-bond donors (Lipinski definition) is 2. The average molecular weight is 276 g/mol. The molecule has 0 spiro atoms. The van der Waals surface area contributed by atoms with Crippen LogP contribution in [0.15, 0.2) is 11.4 Å². The van der Waals surface area contributed by atoms with Gasteiger partial charge in [-0.3, -0.25) is 10.1 Å². The number of nitro groups is 1. The Morgan fingerprint density at radius 2 is 2.47 bits per heavy atom. The van der Waals surface area contributed by atoms with Gasteiger partial charge in [0.2, 0.25) is 0 Å². The van der Waals surface area contributed by atoms with Gasteiger partial charge in [-0.1, -0.05) is 11.3 Å². The van der Waals surface area contributed by atoms with E-state index in [1.54, 1.807) is 23.2 Å². The van der Waals surface area contributed by atoms with Crippen molar-refractivity contribution in [1.29, 1.82) is 0 Å². The molecular formula is C10H16N2O3S2. The summed E-state index contributed by atoms with van der Waals surface area (Å²) in [5.74, 6) is 0.923. The molecule has 0 amide bonds. The van der Waals surface area contributed by atoms with Gasteiger partial charge in [0.1, 0.15) is 0 Å². The number of nitrogens with one attached hydrogen (secondary N) is 1. The Kier molecular flexibility index (Phi) is 6.49. The van der Waals surface area contributed by atoms with E-state index in [-0.39, 0.29) is 22.6 Å². The monoisotopic (exact) mass is 276 g/mol. The Labute approximate surface area is 108 Å². The average Bonchev–Trinajstić information content (AvgIpc) is 2.75. The molecule has 0 aromatic carbocycles. The van der Waals surface area contributed by atoms with E-state index in [0.717, 1.165) is 22.7 Å². The Bertz CT molecular complexity index is 351. The zero-order valence-electron chi connectivity index (χ0n) is 9.59. The molecule has 1 atom stereocenters. The highest BCUT2D eigenvalue weighted by Gasteiger charge is 2.11. The number of thiophene rings is 1. The van der Waals surface area contributed by atoms with Gasteiger partial charge in [-0.15, -0.1) is 0 Å². The van der Waals surface area contributed by atoms with Crippen LogP contribution < -0.4 is 5.32 Å². The smallest absolute Gasteiger partial charge is 0.324 e. The third-order valence-electron chi connectivity index (χ3n) is 2.26. The van der Waals surface area contributed by atoms with Crippen LogP contribution in [0.1, 0.15) is 12.0 Å². The summed E-state index contributed by atoms with van der Waals surface area (Å²) in [5, 5.41) is 24.7. The fraction of sp³-hybridized carbons (Fsp3) is 0.600. The molecule has 0 bridgehead atoms. The topological polar surface area (TPSA) is 75.4 Å². The molecule has 0 radical (unpaired) electrons. The minimum atomic E-state index is -0.374. The lowest BCUT2D eigenvalue weighted by Gasteiger charge is -2.15. The van der Waals surface area contributed by atoms with Crippen molar-refractivity contribution in [3.63, 3.8) is 0 Å². The van der Waals surface area contributed by atoms with Crippen LogP contribution in [0.2, 0.25) is 0 Å². The van der Waals surface area contributed by atoms with Gasteiger partial charge in [-0.25, -0.2) is 0 Å². The first-order valence-electron chi connectivity index (χ1n) is 5.22. The second kappa shape index (κ2) is 7.65. The van der Waals surface area contributed by atoms with Crippen molar-refractivity contribution in [1.82, 2.24) is 5.32 Å². The van der Waals surface area contributed by atoms with Gasteiger partial charge in [0.25, 0.3) is 0 Å². The van der Waals surface area contributed by atoms with Crippen LogP contribution in [-0.2, 0) is 6.54 Å². The Hall–Kier alpha value is -0.630. The van der Waals surface area contributed by atoms with Crippen molar-refractivity contribution in [2.75, 3.05) is 18.6 Å². The molecule has 0 saturated carbocycles. The maximum absolute atomic E-state index is 10.5. The van der Waals surface area contributed by atoms with Crippen molar-refractivity contribution in [3.8, 4) is 0 Å². The Morgan fingerprint density at radius 3 is 3.00 bits per heavy atom. The van der Waals surface area contributed by atoms with Gasteiger partial charge in [0.05, 0.1) is 4.92 Å². The van der Waals surface area contributed by atoms with Crippen molar-refractivity contribution in [2.45, 2.75) is 19.0 Å². The molecule has 17 heavy (non-hydrogen) atoms. The first-order valence-corrected chi connectivity index (χ1v) is 7.49. The quantitative estimate of drug-likeness (QED) is 0.560. The number of nitrogens with zero attached hydrogens (tertiary/aromatic N) is 1. The number of thioether (sulfide) groups is 1. The van der Waals surface area contributed by atoms with E-state index in [9.17, 15) is 10.1 Å². The fourth-order valence-corrected chi connectivity index (χ4v) is 2.83. The van der Waals surface area contributed by atoms with Crippen LogP contribution in [0, 0.1) is 10.1 Å². The molecule has 1 aromatic rings. The molecular weight excluding hydrogens is 260 g/mol. The molecule has 1 rings (SSSR count). The summed E-state index contributed by atoms with van der Waals surface area (Å²) in [6.07, 6.45) is 2.72. The van der Waals surface area contributed by atoms with E-state index in [0.29, 0.717) is 13.0 Å². The summed E-state index contributed by atoms with van der Waals surface area (Å²) in [6.45, 7) is 0.761. The Morgan fingerprint density at radius 1 is 1.71 bits per heavy atom. The molecule has 0 aliphatic rings. The second-order valence-electron chi connectivity index (χ2n) is 3.60. The molecule has 1 heterocycles. The molecule has 1 aromatic heterocycles. The molecule has 7 heteroatoms. The third kappa shape index (κ3) is 5.03. The second-order valence-corrected chi connectivity index (χ2v) is 5.40. The fourth-order valence-electron chi connectivity index (χ4n) is 1.41. The summed E-state index contributed by atoms with van der Waals surface area (Å²) in [6, 6.07) is 1.83. The summed E-state index contributed by atoms with van der Waals surface area (Å²) >= 11 is 2.86. The number of aliphatic hydroxyl groups excluding tert-OH is 1. The molecule has 1 unspecified atom stereocenters. The largest absolute Gasteiger partial charge is 0.396 e. The van der Waals surface area contributed by atoms with E-state index in [1.165, 1.54) is 0 Å². The maximum atomic E-state index is 10.5. The molecule has 2 N–H and O–H groups in total. The summed E-state index contributed by atoms with van der Waals surface area (Å²) < 4.78 is 0. The van der Waals surface area contributed by atoms with Crippen LogP contribution in [-0.4, -0.2) is 34.7 Å². The van der Waals surface area contributed by atoms with E-state index in [2.05, 4.69) is 5.32 Å². The highest BCUT2D eigenvalue weighted by molar-refractivity contribution is 7.98. The van der Waals surface area contributed by atoms with Gasteiger partial charge in [-0.05, 0) is 18.2 Å². The van der Waals surface area contributed by atoms with Gasteiger partial charge in [0.15, 0.2) is 0 Å². The van der Waals surface area contributed by atoms with Crippen molar-refractivity contribution in [3.05, 3.63) is 27.1 Å². The SMILES string of the molecule is CSCC(CCO)NCc1csc([N+](=O)[O-])c1. The van der Waals surface area contributed by atoms with Gasteiger partial charge in [-0.2, -0.15) is 11.8 Å². The van der Waals surface area contributed by atoms with Gasteiger partial charge < -0.3 is 10.4 Å². The summed E-state index contributed by atoms with van der Waals surface area (Å²) in [7, 11) is 0. The van der Waals surface area contributed by atoms with E-state index in [4.69, 9.17) is 5.11 Å². The van der Waals surface area contributed by atoms with E-state index in [1.807, 2.05) is 6.26 Å². The van der Waals surface area contributed by atoms with Crippen LogP contribution >= 0.6 is 23.1 Å².